The number of rotatable bonds is 8. The minimum atomic E-state index is -0.543. The minimum absolute atomic E-state index is 0.138. The lowest BCUT2D eigenvalue weighted by Gasteiger charge is -2.17. The van der Waals surface area contributed by atoms with Crippen LogP contribution in [0.5, 0.6) is 0 Å². The second-order valence-corrected chi connectivity index (χ2v) is 8.99. The van der Waals surface area contributed by atoms with Gasteiger partial charge < -0.3 is 15.0 Å². The molecule has 34 heavy (non-hydrogen) atoms. The Hall–Kier alpha value is -3.31. The Kier molecular flexibility index (Phi) is 8.35. The Morgan fingerprint density at radius 2 is 1.94 bits per heavy atom. The number of amides is 1. The van der Waals surface area contributed by atoms with Crippen molar-refractivity contribution in [2.24, 2.45) is 0 Å². The van der Waals surface area contributed by atoms with E-state index in [1.807, 2.05) is 39.0 Å². The van der Waals surface area contributed by atoms with Crippen molar-refractivity contribution in [1.29, 1.82) is 0 Å². The highest BCUT2D eigenvalue weighted by molar-refractivity contribution is 7.80. The van der Waals surface area contributed by atoms with Crippen LogP contribution < -0.4 is 10.6 Å². The number of ether oxygens (including phenoxy) is 1. The molecule has 2 heterocycles. The fourth-order valence-electron chi connectivity index (χ4n) is 3.47. The summed E-state index contributed by atoms with van der Waals surface area (Å²) < 4.78 is 6.65. The fraction of sp³-hybridized carbons (Fsp3) is 0.348. The maximum absolute atomic E-state index is 12.9. The summed E-state index contributed by atoms with van der Waals surface area (Å²) in [4.78, 5) is 31.8. The van der Waals surface area contributed by atoms with Crippen molar-refractivity contribution in [3.63, 3.8) is 0 Å². The second kappa shape index (κ2) is 11.2. The number of aryl methyl sites for hydroxylation is 1. The Balaban J connectivity index is 1.76. The molecule has 0 aliphatic rings. The van der Waals surface area contributed by atoms with Gasteiger partial charge in [0.05, 0.1) is 24.1 Å². The van der Waals surface area contributed by atoms with E-state index in [2.05, 4.69) is 26.8 Å². The highest BCUT2D eigenvalue weighted by atomic mass is 32.1. The Morgan fingerprint density at radius 3 is 2.59 bits per heavy atom. The van der Waals surface area contributed by atoms with Gasteiger partial charge in [0.25, 0.3) is 5.91 Å². The van der Waals surface area contributed by atoms with Crippen LogP contribution in [0.25, 0.3) is 0 Å². The zero-order chi connectivity index (χ0) is 24.8. The van der Waals surface area contributed by atoms with Gasteiger partial charge in [-0.15, -0.1) is 16.4 Å². The molecule has 9 nitrogen and oxygen atoms in total. The van der Waals surface area contributed by atoms with E-state index in [9.17, 15) is 9.59 Å². The van der Waals surface area contributed by atoms with Gasteiger partial charge >= 0.3 is 5.97 Å². The van der Waals surface area contributed by atoms with E-state index in [1.165, 1.54) is 24.0 Å². The molecule has 0 aliphatic heterocycles. The number of esters is 1. The van der Waals surface area contributed by atoms with E-state index in [0.717, 1.165) is 5.56 Å². The minimum Gasteiger partial charge on any atom is -0.465 e. The summed E-state index contributed by atoms with van der Waals surface area (Å²) in [6.07, 6.45) is 1.61. The average Bonchev–Trinajstić information content (AvgIpc) is 3.37. The van der Waals surface area contributed by atoms with Crippen molar-refractivity contribution in [3.05, 3.63) is 57.7 Å². The molecule has 2 aromatic heterocycles. The molecule has 0 saturated heterocycles. The molecule has 2 N–H and O–H groups in total. The smallest absolute Gasteiger partial charge is 0.341 e. The number of nitrogens with zero attached hydrogens (tertiary/aromatic N) is 4. The van der Waals surface area contributed by atoms with Crippen molar-refractivity contribution in [1.82, 2.24) is 19.7 Å². The van der Waals surface area contributed by atoms with Crippen LogP contribution in [0.1, 0.15) is 50.6 Å². The summed E-state index contributed by atoms with van der Waals surface area (Å²) in [6, 6.07) is 8.16. The number of hydrogen-bond acceptors (Lipinski definition) is 7. The number of carbonyl (C=O) groups excluding carboxylic acids is 2. The molecule has 0 aliphatic carbocycles. The summed E-state index contributed by atoms with van der Waals surface area (Å²) in [5.74, 6) is -0.364. The van der Waals surface area contributed by atoms with Crippen molar-refractivity contribution < 1.29 is 14.3 Å². The fourth-order valence-corrected chi connectivity index (χ4v) is 4.89. The van der Waals surface area contributed by atoms with Crippen LogP contribution in [0.3, 0.4) is 0 Å². The van der Waals surface area contributed by atoms with Gasteiger partial charge in [-0.1, -0.05) is 29.8 Å². The number of carbonyl (C=O) groups is 2. The van der Waals surface area contributed by atoms with Crippen LogP contribution in [0.4, 0.5) is 10.9 Å². The van der Waals surface area contributed by atoms with Crippen LogP contribution in [0, 0.1) is 13.8 Å². The highest BCUT2D eigenvalue weighted by Crippen LogP contribution is 2.34. The molecule has 0 fully saturated rings. The van der Waals surface area contributed by atoms with Crippen molar-refractivity contribution in [2.45, 2.75) is 34.2 Å². The largest absolute Gasteiger partial charge is 0.465 e. The number of aromatic nitrogens is 3. The van der Waals surface area contributed by atoms with Gasteiger partial charge in [-0.2, -0.15) is 0 Å². The van der Waals surface area contributed by atoms with Crippen molar-refractivity contribution in [2.75, 3.05) is 30.8 Å². The molecule has 1 amide bonds. The van der Waals surface area contributed by atoms with Gasteiger partial charge in [0.2, 0.25) is 5.95 Å². The topological polar surface area (TPSA) is 101 Å². The molecule has 0 bridgehead atoms. The second-order valence-electron chi connectivity index (χ2n) is 7.56. The third kappa shape index (κ3) is 5.78. The number of methoxy groups -OCH3 is 1. The van der Waals surface area contributed by atoms with Crippen LogP contribution in [-0.4, -0.2) is 56.9 Å². The highest BCUT2D eigenvalue weighted by Gasteiger charge is 2.27. The third-order valence-electron chi connectivity index (χ3n) is 5.20. The first-order chi connectivity index (χ1) is 16.3. The number of anilines is 2. The van der Waals surface area contributed by atoms with Crippen molar-refractivity contribution in [3.8, 4) is 0 Å². The number of thiophene rings is 1. The normalized spacial score (nSPS) is 10.6. The number of hydrogen-bond donors (Lipinski definition) is 2. The van der Waals surface area contributed by atoms with Gasteiger partial charge in [0.15, 0.2) is 5.11 Å². The van der Waals surface area contributed by atoms with Gasteiger partial charge in [-0.25, -0.2) is 14.5 Å². The van der Waals surface area contributed by atoms with Crippen molar-refractivity contribution >= 4 is 51.5 Å². The lowest BCUT2D eigenvalue weighted by Crippen LogP contribution is -2.30. The zero-order valence-electron chi connectivity index (χ0n) is 19.8. The monoisotopic (exact) mass is 500 g/mol. The molecule has 0 saturated carbocycles. The van der Waals surface area contributed by atoms with Crippen LogP contribution in [0.2, 0.25) is 0 Å². The van der Waals surface area contributed by atoms with E-state index in [4.69, 9.17) is 17.0 Å². The lowest BCUT2D eigenvalue weighted by atomic mass is 10.1. The molecule has 0 unspecified atom stereocenters. The molecule has 3 rings (SSSR count). The molecule has 0 spiro atoms. The predicted molar refractivity (Wildman–Crippen MR) is 138 cm³/mol. The maximum Gasteiger partial charge on any atom is 0.341 e. The SMILES string of the molecule is CCN(CC)C(=O)c1sc(NC(=S)Nc2ncn(Cc3cccc(C)c3)n2)c(C(=O)OC)c1C. The predicted octanol–water partition coefficient (Wildman–Crippen LogP) is 4.08. The first-order valence-electron chi connectivity index (χ1n) is 10.8. The molecule has 0 radical (unpaired) electrons. The van der Waals surface area contributed by atoms with Crippen LogP contribution in [-0.2, 0) is 11.3 Å². The standard InChI is InChI=1S/C23H28N6O3S2/c1-6-28(7-2)20(30)18-15(4)17(21(31)32-5)19(34-18)25-23(33)26-22-24-13-29(27-22)12-16-10-8-9-14(3)11-16/h8-11,13H,6-7,12H2,1-5H3,(H2,25,26,27,33). The lowest BCUT2D eigenvalue weighted by molar-refractivity contribution is 0.0601. The van der Waals surface area contributed by atoms with Gasteiger partial charge in [-0.05, 0) is 51.0 Å². The molecule has 3 aromatic rings. The van der Waals surface area contributed by atoms with E-state index in [-0.39, 0.29) is 16.6 Å². The van der Waals surface area contributed by atoms with Gasteiger partial charge in [-0.3, -0.25) is 10.1 Å². The molecule has 0 atom stereocenters. The summed E-state index contributed by atoms with van der Waals surface area (Å²) in [7, 11) is 1.30. The number of benzene rings is 1. The Labute approximate surface area is 208 Å². The third-order valence-corrected chi connectivity index (χ3v) is 6.60. The molecule has 180 valence electrons. The van der Waals surface area contributed by atoms with E-state index >= 15 is 0 Å². The molecular formula is C23H28N6O3S2. The van der Waals surface area contributed by atoms with E-state index in [1.54, 1.807) is 22.8 Å². The van der Waals surface area contributed by atoms with Gasteiger partial charge in [0.1, 0.15) is 11.3 Å². The van der Waals surface area contributed by atoms with E-state index in [0.29, 0.717) is 41.0 Å². The van der Waals surface area contributed by atoms with Crippen LogP contribution in [0.15, 0.2) is 30.6 Å². The number of nitrogens with one attached hydrogen (secondary N) is 2. The Bertz CT molecular complexity index is 1200. The molecular weight excluding hydrogens is 472 g/mol. The first kappa shape index (κ1) is 25.3. The quantitative estimate of drug-likeness (QED) is 0.352. The maximum atomic E-state index is 12.9. The number of thiocarbonyl (C=S) groups is 1. The molecule has 1 aromatic carbocycles. The summed E-state index contributed by atoms with van der Waals surface area (Å²) in [5, 5.41) is 11.0. The summed E-state index contributed by atoms with van der Waals surface area (Å²) in [6.45, 7) is 9.31. The summed E-state index contributed by atoms with van der Waals surface area (Å²) >= 11 is 6.59. The van der Waals surface area contributed by atoms with Crippen LogP contribution >= 0.6 is 23.6 Å². The zero-order valence-corrected chi connectivity index (χ0v) is 21.5. The molecule has 11 heteroatoms. The first-order valence-corrected chi connectivity index (χ1v) is 12.0. The van der Waals surface area contributed by atoms with Gasteiger partial charge in [0, 0.05) is 13.1 Å². The summed E-state index contributed by atoms with van der Waals surface area (Å²) in [5.41, 5.74) is 3.12. The Morgan fingerprint density at radius 1 is 1.21 bits per heavy atom. The van der Waals surface area contributed by atoms with E-state index < -0.39 is 5.97 Å². The average molecular weight is 501 g/mol.